The monoisotopic (exact) mass is 518 g/mol. The molecule has 1 heterocycles. The maximum Gasteiger partial charge on any atom is 0.221 e. The molecule has 164 valence electrons. The number of aliphatic imine (C=N–C) groups is 1. The third-order valence-electron chi connectivity index (χ3n) is 4.25. The first-order chi connectivity index (χ1) is 13.5. The number of ether oxygens (including phenoxy) is 2. The van der Waals surface area contributed by atoms with Crippen LogP contribution in [0, 0.1) is 6.92 Å². The Labute approximate surface area is 191 Å². The van der Waals surface area contributed by atoms with Crippen LogP contribution in [0.3, 0.4) is 0 Å². The fraction of sp³-hybridized carbons (Fsp3) is 0.619. The molecule has 1 aromatic carbocycles. The SMILES string of the molecule is CCNC(=NCc1ccc(C)cc1OC1CCOC1)NCCC(=O)NC(C)C.I. The van der Waals surface area contributed by atoms with Gasteiger partial charge in [0.1, 0.15) is 11.9 Å². The van der Waals surface area contributed by atoms with E-state index in [9.17, 15) is 4.79 Å². The van der Waals surface area contributed by atoms with Gasteiger partial charge < -0.3 is 25.4 Å². The maximum atomic E-state index is 11.8. The molecule has 0 spiro atoms. The molecule has 0 radical (unpaired) electrons. The molecule has 29 heavy (non-hydrogen) atoms. The van der Waals surface area contributed by atoms with Gasteiger partial charge in [-0.05, 0) is 39.3 Å². The van der Waals surface area contributed by atoms with Gasteiger partial charge in [-0.25, -0.2) is 4.99 Å². The molecule has 0 aliphatic carbocycles. The van der Waals surface area contributed by atoms with Crippen LogP contribution in [0.1, 0.15) is 44.7 Å². The Morgan fingerprint density at radius 3 is 2.79 bits per heavy atom. The summed E-state index contributed by atoms with van der Waals surface area (Å²) in [4.78, 5) is 16.4. The standard InChI is InChI=1S/C21H34N4O3.HI/c1-5-22-21(23-10-8-20(26)25-15(2)3)24-13-17-7-6-16(4)12-19(17)28-18-9-11-27-14-18;/h6-7,12,15,18H,5,8-11,13-14H2,1-4H3,(H,25,26)(H2,22,23,24);1H. The Balaban J connectivity index is 0.00000420. The Morgan fingerprint density at radius 1 is 1.34 bits per heavy atom. The lowest BCUT2D eigenvalue weighted by Gasteiger charge is -2.16. The summed E-state index contributed by atoms with van der Waals surface area (Å²) in [5.41, 5.74) is 2.19. The van der Waals surface area contributed by atoms with Crippen molar-refractivity contribution in [2.24, 2.45) is 4.99 Å². The van der Waals surface area contributed by atoms with E-state index in [1.807, 2.05) is 20.8 Å². The molecule has 1 atom stereocenters. The molecule has 3 N–H and O–H groups in total. The predicted molar refractivity (Wildman–Crippen MR) is 127 cm³/mol. The summed E-state index contributed by atoms with van der Waals surface area (Å²) in [5, 5.41) is 9.32. The first-order valence-corrected chi connectivity index (χ1v) is 10.1. The summed E-state index contributed by atoms with van der Waals surface area (Å²) < 4.78 is 11.6. The molecule has 7 nitrogen and oxygen atoms in total. The van der Waals surface area contributed by atoms with Crippen LogP contribution in [0.5, 0.6) is 5.75 Å². The summed E-state index contributed by atoms with van der Waals surface area (Å²) in [5.74, 6) is 1.59. The van der Waals surface area contributed by atoms with Crippen molar-refractivity contribution >= 4 is 35.8 Å². The van der Waals surface area contributed by atoms with Gasteiger partial charge in [0.25, 0.3) is 0 Å². The number of carbonyl (C=O) groups is 1. The summed E-state index contributed by atoms with van der Waals surface area (Å²) >= 11 is 0. The third kappa shape index (κ3) is 9.66. The average molecular weight is 518 g/mol. The van der Waals surface area contributed by atoms with Crippen LogP contribution in [0.2, 0.25) is 0 Å². The molecule has 0 aromatic heterocycles. The number of guanidine groups is 1. The Kier molecular flexibility index (Phi) is 12.0. The van der Waals surface area contributed by atoms with Crippen molar-refractivity contribution < 1.29 is 14.3 Å². The molecule has 1 amide bonds. The van der Waals surface area contributed by atoms with Crippen molar-refractivity contribution in [3.63, 3.8) is 0 Å². The van der Waals surface area contributed by atoms with E-state index in [0.717, 1.165) is 36.4 Å². The average Bonchev–Trinajstić information content (AvgIpc) is 3.13. The van der Waals surface area contributed by atoms with Crippen molar-refractivity contribution in [2.75, 3.05) is 26.3 Å². The van der Waals surface area contributed by atoms with Crippen LogP contribution in [0.4, 0.5) is 0 Å². The van der Waals surface area contributed by atoms with Crippen LogP contribution in [0.15, 0.2) is 23.2 Å². The number of carbonyl (C=O) groups excluding carboxylic acids is 1. The predicted octanol–water partition coefficient (Wildman–Crippen LogP) is 2.75. The van der Waals surface area contributed by atoms with Crippen molar-refractivity contribution in [2.45, 2.75) is 59.2 Å². The highest BCUT2D eigenvalue weighted by Crippen LogP contribution is 2.24. The zero-order valence-electron chi connectivity index (χ0n) is 17.9. The van der Waals surface area contributed by atoms with Crippen LogP contribution in [-0.4, -0.2) is 50.3 Å². The fourth-order valence-corrected chi connectivity index (χ4v) is 2.88. The van der Waals surface area contributed by atoms with Gasteiger partial charge in [-0.15, -0.1) is 24.0 Å². The zero-order chi connectivity index (χ0) is 20.4. The number of halogens is 1. The molecule has 1 unspecified atom stereocenters. The Bertz CT molecular complexity index is 661. The van der Waals surface area contributed by atoms with Gasteiger partial charge in [0.05, 0.1) is 19.8 Å². The molecule has 0 bridgehead atoms. The van der Waals surface area contributed by atoms with Gasteiger partial charge in [0.15, 0.2) is 5.96 Å². The van der Waals surface area contributed by atoms with Crippen LogP contribution < -0.4 is 20.7 Å². The highest BCUT2D eigenvalue weighted by Gasteiger charge is 2.18. The van der Waals surface area contributed by atoms with E-state index in [1.165, 1.54) is 0 Å². The van der Waals surface area contributed by atoms with E-state index in [0.29, 0.717) is 32.1 Å². The largest absolute Gasteiger partial charge is 0.488 e. The number of rotatable bonds is 9. The Hall–Kier alpha value is -1.55. The second-order valence-electron chi connectivity index (χ2n) is 7.31. The Morgan fingerprint density at radius 2 is 2.14 bits per heavy atom. The lowest BCUT2D eigenvalue weighted by atomic mass is 10.1. The lowest BCUT2D eigenvalue weighted by Crippen LogP contribution is -2.40. The number of aryl methyl sites for hydroxylation is 1. The van der Waals surface area contributed by atoms with Crippen molar-refractivity contribution in [3.05, 3.63) is 29.3 Å². The molecule has 1 saturated heterocycles. The van der Waals surface area contributed by atoms with Crippen molar-refractivity contribution in [1.82, 2.24) is 16.0 Å². The smallest absolute Gasteiger partial charge is 0.221 e. The van der Waals surface area contributed by atoms with E-state index < -0.39 is 0 Å². The van der Waals surface area contributed by atoms with E-state index in [-0.39, 0.29) is 42.0 Å². The third-order valence-corrected chi connectivity index (χ3v) is 4.25. The van der Waals surface area contributed by atoms with Gasteiger partial charge in [0, 0.05) is 37.5 Å². The van der Waals surface area contributed by atoms with Gasteiger partial charge >= 0.3 is 0 Å². The normalized spacial score (nSPS) is 16.3. The lowest BCUT2D eigenvalue weighted by molar-refractivity contribution is -0.121. The van der Waals surface area contributed by atoms with E-state index in [2.05, 4.69) is 46.1 Å². The zero-order valence-corrected chi connectivity index (χ0v) is 20.2. The molecular formula is C21H35IN4O3. The van der Waals surface area contributed by atoms with E-state index >= 15 is 0 Å². The minimum atomic E-state index is 0. The van der Waals surface area contributed by atoms with Gasteiger partial charge in [0.2, 0.25) is 5.91 Å². The molecule has 1 aliphatic heterocycles. The minimum Gasteiger partial charge on any atom is -0.488 e. The molecule has 1 aliphatic rings. The summed E-state index contributed by atoms with van der Waals surface area (Å²) in [7, 11) is 0. The second kappa shape index (κ2) is 13.6. The topological polar surface area (TPSA) is 84.0 Å². The highest BCUT2D eigenvalue weighted by atomic mass is 127. The van der Waals surface area contributed by atoms with Crippen LogP contribution >= 0.6 is 24.0 Å². The molecule has 1 fully saturated rings. The molecule has 8 heteroatoms. The number of hydrogen-bond acceptors (Lipinski definition) is 4. The van der Waals surface area contributed by atoms with Crippen LogP contribution in [-0.2, 0) is 16.1 Å². The summed E-state index contributed by atoms with van der Waals surface area (Å²) in [6, 6.07) is 6.34. The molecular weight excluding hydrogens is 483 g/mol. The first kappa shape index (κ1) is 25.5. The maximum absolute atomic E-state index is 11.8. The van der Waals surface area contributed by atoms with Gasteiger partial charge in [-0.1, -0.05) is 12.1 Å². The number of benzene rings is 1. The number of amides is 1. The van der Waals surface area contributed by atoms with Crippen LogP contribution in [0.25, 0.3) is 0 Å². The number of hydrogen-bond donors (Lipinski definition) is 3. The van der Waals surface area contributed by atoms with Crippen molar-refractivity contribution in [3.8, 4) is 5.75 Å². The summed E-state index contributed by atoms with van der Waals surface area (Å²) in [6.45, 7) is 11.1. The second-order valence-corrected chi connectivity index (χ2v) is 7.31. The molecule has 0 saturated carbocycles. The van der Waals surface area contributed by atoms with Gasteiger partial charge in [-0.2, -0.15) is 0 Å². The molecule has 1 aromatic rings. The van der Waals surface area contributed by atoms with E-state index in [1.54, 1.807) is 0 Å². The number of nitrogens with one attached hydrogen (secondary N) is 3. The quantitative estimate of drug-likeness (QED) is 0.266. The minimum absolute atomic E-state index is 0. The van der Waals surface area contributed by atoms with Gasteiger partial charge in [-0.3, -0.25) is 4.79 Å². The fourth-order valence-electron chi connectivity index (χ4n) is 2.88. The van der Waals surface area contributed by atoms with E-state index in [4.69, 9.17) is 9.47 Å². The van der Waals surface area contributed by atoms with Crippen molar-refractivity contribution in [1.29, 1.82) is 0 Å². The highest BCUT2D eigenvalue weighted by molar-refractivity contribution is 14.0. The molecule has 2 rings (SSSR count). The first-order valence-electron chi connectivity index (χ1n) is 10.1. The number of nitrogens with zero attached hydrogens (tertiary/aromatic N) is 1. The summed E-state index contributed by atoms with van der Waals surface area (Å²) in [6.07, 6.45) is 1.43.